The molecule has 134 valence electrons. The molecule has 2 aromatic rings. The Balaban J connectivity index is 2.18. The molecule has 0 aliphatic heterocycles. The van der Waals surface area contributed by atoms with Crippen molar-refractivity contribution < 1.29 is 4.79 Å². The van der Waals surface area contributed by atoms with Crippen LogP contribution in [0.1, 0.15) is 56.7 Å². The van der Waals surface area contributed by atoms with Gasteiger partial charge in [-0.05, 0) is 24.0 Å². The highest BCUT2D eigenvalue weighted by molar-refractivity contribution is 5.75. The minimum absolute atomic E-state index is 0.0274. The minimum atomic E-state index is -0.124. The molecule has 0 spiro atoms. The lowest BCUT2D eigenvalue weighted by atomic mass is 9.99. The zero-order chi connectivity index (χ0) is 17.9. The molecule has 0 aromatic heterocycles. The molecule has 0 unspecified atom stereocenters. The first-order valence-electron chi connectivity index (χ1n) is 9.41. The Kier molecular flexibility index (Phi) is 8.03. The fourth-order valence-corrected chi connectivity index (χ4v) is 2.88. The molecule has 0 saturated heterocycles. The predicted octanol–water partition coefficient (Wildman–Crippen LogP) is 5.39. The number of nitrogens with zero attached hydrogens (tertiary/aromatic N) is 1. The lowest BCUT2D eigenvalue weighted by molar-refractivity contribution is 0.193. The predicted molar refractivity (Wildman–Crippen MR) is 105 cm³/mol. The summed E-state index contributed by atoms with van der Waals surface area (Å²) in [5.74, 6) is 0. The standard InChI is InChI=1S/C22H30N2O/c1-3-5-17-24(18-6-4-2)22(25)23-21(19-13-9-7-10-14-19)20-15-11-8-12-16-20/h7-16,21H,3-6,17-18H2,1-2H3,(H,23,25). The van der Waals surface area contributed by atoms with Crippen molar-refractivity contribution in [1.29, 1.82) is 0 Å². The molecule has 2 aromatic carbocycles. The molecule has 0 atom stereocenters. The quantitative estimate of drug-likeness (QED) is 0.653. The van der Waals surface area contributed by atoms with Gasteiger partial charge in [0, 0.05) is 13.1 Å². The number of urea groups is 1. The van der Waals surface area contributed by atoms with Crippen molar-refractivity contribution in [2.24, 2.45) is 0 Å². The molecule has 1 N–H and O–H groups in total. The molecule has 0 aliphatic carbocycles. The molecule has 0 fully saturated rings. The van der Waals surface area contributed by atoms with Gasteiger partial charge in [-0.2, -0.15) is 0 Å². The average Bonchev–Trinajstić information content (AvgIpc) is 2.67. The highest BCUT2D eigenvalue weighted by Crippen LogP contribution is 2.22. The minimum Gasteiger partial charge on any atom is -0.327 e. The van der Waals surface area contributed by atoms with Crippen LogP contribution in [-0.4, -0.2) is 24.0 Å². The van der Waals surface area contributed by atoms with Crippen molar-refractivity contribution in [1.82, 2.24) is 10.2 Å². The van der Waals surface area contributed by atoms with E-state index in [2.05, 4.69) is 43.4 Å². The van der Waals surface area contributed by atoms with E-state index >= 15 is 0 Å². The van der Waals surface area contributed by atoms with E-state index in [0.717, 1.165) is 49.9 Å². The van der Waals surface area contributed by atoms with Crippen molar-refractivity contribution in [3.05, 3.63) is 71.8 Å². The van der Waals surface area contributed by atoms with Gasteiger partial charge in [-0.3, -0.25) is 0 Å². The lowest BCUT2D eigenvalue weighted by Crippen LogP contribution is -2.43. The van der Waals surface area contributed by atoms with Crippen molar-refractivity contribution in [2.45, 2.75) is 45.6 Å². The van der Waals surface area contributed by atoms with E-state index in [-0.39, 0.29) is 12.1 Å². The number of carbonyl (C=O) groups is 1. The van der Waals surface area contributed by atoms with Gasteiger partial charge in [-0.15, -0.1) is 0 Å². The monoisotopic (exact) mass is 338 g/mol. The molecule has 2 rings (SSSR count). The lowest BCUT2D eigenvalue weighted by Gasteiger charge is -2.27. The van der Waals surface area contributed by atoms with Gasteiger partial charge in [-0.25, -0.2) is 4.79 Å². The van der Waals surface area contributed by atoms with E-state index < -0.39 is 0 Å². The maximum absolute atomic E-state index is 12.9. The fourth-order valence-electron chi connectivity index (χ4n) is 2.88. The van der Waals surface area contributed by atoms with Crippen LogP contribution in [0.3, 0.4) is 0 Å². The third-order valence-electron chi connectivity index (χ3n) is 4.38. The summed E-state index contributed by atoms with van der Waals surface area (Å²) in [5.41, 5.74) is 2.21. The third-order valence-corrected chi connectivity index (χ3v) is 4.38. The van der Waals surface area contributed by atoms with Crippen LogP contribution in [0.25, 0.3) is 0 Å². The molecular formula is C22H30N2O. The van der Waals surface area contributed by atoms with E-state index in [1.165, 1.54) is 0 Å². The number of carbonyl (C=O) groups excluding carboxylic acids is 1. The molecule has 3 heteroatoms. The zero-order valence-corrected chi connectivity index (χ0v) is 15.4. The van der Waals surface area contributed by atoms with Crippen molar-refractivity contribution in [3.8, 4) is 0 Å². The Morgan fingerprint density at radius 2 is 1.28 bits per heavy atom. The summed E-state index contributed by atoms with van der Waals surface area (Å²) < 4.78 is 0. The number of amides is 2. The van der Waals surface area contributed by atoms with E-state index in [1.54, 1.807) is 0 Å². The van der Waals surface area contributed by atoms with Crippen LogP contribution in [0.5, 0.6) is 0 Å². The summed E-state index contributed by atoms with van der Waals surface area (Å²) >= 11 is 0. The van der Waals surface area contributed by atoms with Gasteiger partial charge in [-0.1, -0.05) is 87.4 Å². The molecule has 0 radical (unpaired) electrons. The van der Waals surface area contributed by atoms with Gasteiger partial charge >= 0.3 is 6.03 Å². The summed E-state index contributed by atoms with van der Waals surface area (Å²) in [6.07, 6.45) is 4.27. The Morgan fingerprint density at radius 1 is 0.840 bits per heavy atom. The first-order valence-corrected chi connectivity index (χ1v) is 9.41. The number of hydrogen-bond donors (Lipinski definition) is 1. The molecule has 0 bridgehead atoms. The maximum Gasteiger partial charge on any atom is 0.318 e. The fraction of sp³-hybridized carbons (Fsp3) is 0.409. The van der Waals surface area contributed by atoms with Crippen LogP contribution < -0.4 is 5.32 Å². The number of benzene rings is 2. The second-order valence-corrected chi connectivity index (χ2v) is 6.40. The first-order chi connectivity index (χ1) is 12.3. The van der Waals surface area contributed by atoms with Crippen LogP contribution in [0.2, 0.25) is 0 Å². The average molecular weight is 338 g/mol. The first kappa shape index (κ1) is 19.0. The van der Waals surface area contributed by atoms with Crippen molar-refractivity contribution in [3.63, 3.8) is 0 Å². The highest BCUT2D eigenvalue weighted by atomic mass is 16.2. The maximum atomic E-state index is 12.9. The van der Waals surface area contributed by atoms with E-state index in [1.807, 2.05) is 41.3 Å². The summed E-state index contributed by atoms with van der Waals surface area (Å²) in [6, 6.07) is 20.3. The van der Waals surface area contributed by atoms with Crippen LogP contribution in [0.15, 0.2) is 60.7 Å². The van der Waals surface area contributed by atoms with Gasteiger partial charge in [0.2, 0.25) is 0 Å². The Bertz CT molecular complexity index is 565. The Labute approximate surface area is 152 Å². The largest absolute Gasteiger partial charge is 0.327 e. The van der Waals surface area contributed by atoms with E-state index in [9.17, 15) is 4.79 Å². The van der Waals surface area contributed by atoms with Crippen LogP contribution >= 0.6 is 0 Å². The van der Waals surface area contributed by atoms with Gasteiger partial charge < -0.3 is 10.2 Å². The smallest absolute Gasteiger partial charge is 0.318 e. The number of hydrogen-bond acceptors (Lipinski definition) is 1. The van der Waals surface area contributed by atoms with Crippen LogP contribution in [0, 0.1) is 0 Å². The molecule has 3 nitrogen and oxygen atoms in total. The second kappa shape index (κ2) is 10.5. The highest BCUT2D eigenvalue weighted by Gasteiger charge is 2.20. The zero-order valence-electron chi connectivity index (χ0n) is 15.4. The number of nitrogens with one attached hydrogen (secondary N) is 1. The van der Waals surface area contributed by atoms with Gasteiger partial charge in [0.1, 0.15) is 0 Å². The molecular weight excluding hydrogens is 308 g/mol. The molecule has 0 heterocycles. The van der Waals surface area contributed by atoms with Crippen molar-refractivity contribution >= 4 is 6.03 Å². The second-order valence-electron chi connectivity index (χ2n) is 6.40. The third kappa shape index (κ3) is 5.93. The van der Waals surface area contributed by atoms with Gasteiger partial charge in [0.25, 0.3) is 0 Å². The Morgan fingerprint density at radius 3 is 1.68 bits per heavy atom. The summed E-state index contributed by atoms with van der Waals surface area (Å²) in [6.45, 7) is 5.95. The van der Waals surface area contributed by atoms with Gasteiger partial charge in [0.05, 0.1) is 6.04 Å². The summed E-state index contributed by atoms with van der Waals surface area (Å²) in [5, 5.41) is 3.25. The van der Waals surface area contributed by atoms with Crippen LogP contribution in [0.4, 0.5) is 4.79 Å². The van der Waals surface area contributed by atoms with Crippen LogP contribution in [-0.2, 0) is 0 Å². The number of unbranched alkanes of at least 4 members (excludes halogenated alkanes) is 2. The topological polar surface area (TPSA) is 32.3 Å². The SMILES string of the molecule is CCCCN(CCCC)C(=O)NC(c1ccccc1)c1ccccc1. The summed E-state index contributed by atoms with van der Waals surface area (Å²) in [7, 11) is 0. The molecule has 0 saturated carbocycles. The summed E-state index contributed by atoms with van der Waals surface area (Å²) in [4.78, 5) is 14.9. The normalized spacial score (nSPS) is 10.7. The number of rotatable bonds is 9. The van der Waals surface area contributed by atoms with Crippen molar-refractivity contribution in [2.75, 3.05) is 13.1 Å². The Hall–Kier alpha value is -2.29. The molecule has 25 heavy (non-hydrogen) atoms. The van der Waals surface area contributed by atoms with Gasteiger partial charge in [0.15, 0.2) is 0 Å². The van der Waals surface area contributed by atoms with E-state index in [0.29, 0.717) is 0 Å². The van der Waals surface area contributed by atoms with E-state index in [4.69, 9.17) is 0 Å². The molecule has 0 aliphatic rings. The molecule has 2 amide bonds.